The van der Waals surface area contributed by atoms with Crippen LogP contribution < -0.4 is 0 Å². The van der Waals surface area contributed by atoms with Crippen molar-refractivity contribution in [3.8, 4) is 0 Å². The quantitative estimate of drug-likeness (QED) is 0.679. The van der Waals surface area contributed by atoms with Crippen LogP contribution >= 0.6 is 0 Å². The molecule has 1 nitrogen and oxygen atoms in total. The van der Waals surface area contributed by atoms with E-state index < -0.39 is 0 Å². The van der Waals surface area contributed by atoms with Crippen molar-refractivity contribution >= 4 is 15.0 Å². The van der Waals surface area contributed by atoms with Crippen molar-refractivity contribution in [1.82, 2.24) is 0 Å². The van der Waals surface area contributed by atoms with Gasteiger partial charge in [-0.15, -0.1) is 0 Å². The first kappa shape index (κ1) is 15.6. The van der Waals surface area contributed by atoms with Crippen molar-refractivity contribution in [2.45, 2.75) is 49.9 Å². The SMILES string of the molecule is COC(C[Se][C@H]1C[C@@H]2C[C@H]([C@H]1C)C2(C)C)c1ccccc1. The Balaban J connectivity index is 1.58. The zero-order valence-electron chi connectivity index (χ0n) is 13.7. The van der Waals surface area contributed by atoms with Crippen molar-refractivity contribution in [3.63, 3.8) is 0 Å². The molecule has 2 bridgehead atoms. The van der Waals surface area contributed by atoms with Gasteiger partial charge in [-0.05, 0) is 0 Å². The summed E-state index contributed by atoms with van der Waals surface area (Å²) in [5.41, 5.74) is 1.96. The van der Waals surface area contributed by atoms with E-state index in [1.165, 1.54) is 23.7 Å². The van der Waals surface area contributed by atoms with Crippen LogP contribution in [0.3, 0.4) is 0 Å². The summed E-state index contributed by atoms with van der Waals surface area (Å²) < 4.78 is 5.76. The van der Waals surface area contributed by atoms with Crippen LogP contribution in [0.2, 0.25) is 10.1 Å². The summed E-state index contributed by atoms with van der Waals surface area (Å²) in [6.45, 7) is 7.50. The van der Waals surface area contributed by atoms with Gasteiger partial charge in [-0.2, -0.15) is 0 Å². The molecule has 0 radical (unpaired) electrons. The topological polar surface area (TPSA) is 9.23 Å². The maximum atomic E-state index is 5.76. The van der Waals surface area contributed by atoms with Gasteiger partial charge >= 0.3 is 136 Å². The summed E-state index contributed by atoms with van der Waals surface area (Å²) in [5, 5.41) is 1.22. The average Bonchev–Trinajstić information content (AvgIpc) is 2.49. The molecule has 3 aliphatic carbocycles. The zero-order valence-corrected chi connectivity index (χ0v) is 15.4. The summed E-state index contributed by atoms with van der Waals surface area (Å²) in [6, 6.07) is 10.7. The van der Waals surface area contributed by atoms with Crippen molar-refractivity contribution in [2.75, 3.05) is 7.11 Å². The van der Waals surface area contributed by atoms with E-state index in [0.29, 0.717) is 26.5 Å². The Labute approximate surface area is 136 Å². The van der Waals surface area contributed by atoms with Crippen molar-refractivity contribution in [3.05, 3.63) is 35.9 Å². The molecular formula is C19H28OSe. The molecule has 116 valence electrons. The molecule has 2 heteroatoms. The van der Waals surface area contributed by atoms with Crippen LogP contribution in [0, 0.1) is 23.2 Å². The van der Waals surface area contributed by atoms with Gasteiger partial charge < -0.3 is 0 Å². The zero-order chi connectivity index (χ0) is 15.0. The van der Waals surface area contributed by atoms with E-state index in [1.54, 1.807) is 0 Å². The Kier molecular flexibility index (Phi) is 4.50. The van der Waals surface area contributed by atoms with Crippen molar-refractivity contribution < 1.29 is 4.74 Å². The Morgan fingerprint density at radius 3 is 2.52 bits per heavy atom. The van der Waals surface area contributed by atoms with Gasteiger partial charge in [-0.3, -0.25) is 0 Å². The molecule has 0 aromatic heterocycles. The number of benzene rings is 1. The van der Waals surface area contributed by atoms with Gasteiger partial charge in [0.2, 0.25) is 0 Å². The summed E-state index contributed by atoms with van der Waals surface area (Å²) in [7, 11) is 1.86. The van der Waals surface area contributed by atoms with E-state index in [-0.39, 0.29) is 0 Å². The Bertz CT molecular complexity index is 470. The third kappa shape index (κ3) is 2.83. The second-order valence-electron chi connectivity index (χ2n) is 7.46. The predicted octanol–water partition coefficient (Wildman–Crippen LogP) is 4.99. The molecule has 5 atom stereocenters. The second-order valence-corrected chi connectivity index (χ2v) is 10.1. The van der Waals surface area contributed by atoms with Crippen LogP contribution in [-0.4, -0.2) is 22.1 Å². The van der Waals surface area contributed by atoms with Gasteiger partial charge in [0.1, 0.15) is 0 Å². The van der Waals surface area contributed by atoms with E-state index in [1.807, 2.05) is 7.11 Å². The minimum absolute atomic E-state index is 0.296. The molecule has 0 aliphatic heterocycles. The summed E-state index contributed by atoms with van der Waals surface area (Å²) in [4.78, 5) is 0.968. The van der Waals surface area contributed by atoms with Crippen molar-refractivity contribution in [1.29, 1.82) is 0 Å². The van der Waals surface area contributed by atoms with Crippen LogP contribution in [0.1, 0.15) is 45.3 Å². The summed E-state index contributed by atoms with van der Waals surface area (Å²) in [5.74, 6) is 2.88. The Morgan fingerprint density at radius 2 is 1.95 bits per heavy atom. The van der Waals surface area contributed by atoms with Gasteiger partial charge in [0.25, 0.3) is 0 Å². The fraction of sp³-hybridized carbons (Fsp3) is 0.684. The van der Waals surface area contributed by atoms with Gasteiger partial charge in [0.15, 0.2) is 0 Å². The van der Waals surface area contributed by atoms with Crippen LogP contribution in [-0.2, 0) is 4.74 Å². The standard InChI is InChI=1S/C19H28OSe/c1-13-16-10-15(19(16,2)3)11-18(13)21-12-17(20-4)14-8-6-5-7-9-14/h5-9,13,15-18H,10-12H2,1-4H3/t13-,15+,16-,17?,18+/m1/s1. The van der Waals surface area contributed by atoms with E-state index >= 15 is 0 Å². The molecule has 3 aliphatic rings. The first-order chi connectivity index (χ1) is 10.0. The van der Waals surface area contributed by atoms with Gasteiger partial charge in [-0.25, -0.2) is 0 Å². The Morgan fingerprint density at radius 1 is 1.24 bits per heavy atom. The van der Waals surface area contributed by atoms with Crippen LogP contribution in [0.4, 0.5) is 0 Å². The molecule has 0 heterocycles. The van der Waals surface area contributed by atoms with Crippen LogP contribution in [0.15, 0.2) is 30.3 Å². The Hall–Kier alpha value is -0.301. The monoisotopic (exact) mass is 352 g/mol. The number of hydrogen-bond donors (Lipinski definition) is 0. The third-order valence-corrected chi connectivity index (χ3v) is 9.44. The molecule has 1 unspecified atom stereocenters. The molecule has 1 aromatic carbocycles. The fourth-order valence-electron chi connectivity index (χ4n) is 4.50. The van der Waals surface area contributed by atoms with E-state index in [2.05, 4.69) is 51.1 Å². The normalized spacial score (nSPS) is 35.0. The first-order valence-corrected chi connectivity index (χ1v) is 10.4. The van der Waals surface area contributed by atoms with Crippen LogP contribution in [0.25, 0.3) is 0 Å². The molecule has 0 spiro atoms. The molecule has 3 fully saturated rings. The second kappa shape index (κ2) is 6.07. The minimum atomic E-state index is 0.296. The number of hydrogen-bond acceptors (Lipinski definition) is 1. The van der Waals surface area contributed by atoms with E-state index in [4.69, 9.17) is 4.74 Å². The molecule has 0 saturated heterocycles. The van der Waals surface area contributed by atoms with Gasteiger partial charge in [-0.1, -0.05) is 0 Å². The number of rotatable bonds is 5. The van der Waals surface area contributed by atoms with E-state index in [0.717, 1.165) is 22.6 Å². The molecule has 0 N–H and O–H groups in total. The van der Waals surface area contributed by atoms with Crippen molar-refractivity contribution in [2.24, 2.45) is 23.2 Å². The van der Waals surface area contributed by atoms with Gasteiger partial charge in [0, 0.05) is 0 Å². The average molecular weight is 351 g/mol. The fourth-order valence-corrected chi connectivity index (χ4v) is 7.88. The third-order valence-electron chi connectivity index (χ3n) is 6.20. The molecule has 21 heavy (non-hydrogen) atoms. The number of methoxy groups -OCH3 is 1. The van der Waals surface area contributed by atoms with E-state index in [9.17, 15) is 0 Å². The maximum absolute atomic E-state index is 5.76. The number of ether oxygens (including phenoxy) is 1. The first-order valence-electron chi connectivity index (χ1n) is 8.23. The summed E-state index contributed by atoms with van der Waals surface area (Å²) in [6.07, 6.45) is 3.26. The molecule has 0 amide bonds. The summed E-state index contributed by atoms with van der Waals surface area (Å²) >= 11 is 0.698. The van der Waals surface area contributed by atoms with Crippen LogP contribution in [0.5, 0.6) is 0 Å². The molecule has 1 aromatic rings. The number of fused-ring (bicyclic) bond motifs is 2. The van der Waals surface area contributed by atoms with Gasteiger partial charge in [0.05, 0.1) is 0 Å². The molecule has 3 saturated carbocycles. The predicted molar refractivity (Wildman–Crippen MR) is 89.7 cm³/mol. The molecule has 4 rings (SSSR count). The molecular weight excluding hydrogens is 323 g/mol.